The fourth-order valence-corrected chi connectivity index (χ4v) is 3.38. The fourth-order valence-electron chi connectivity index (χ4n) is 2.51. The molecule has 1 amide bonds. The van der Waals surface area contributed by atoms with Crippen molar-refractivity contribution in [3.63, 3.8) is 0 Å². The summed E-state index contributed by atoms with van der Waals surface area (Å²) in [5.41, 5.74) is 2.38. The average Bonchev–Trinajstić information content (AvgIpc) is 2.93. The minimum Gasteiger partial charge on any atom is -0.486 e. The van der Waals surface area contributed by atoms with Crippen LogP contribution in [0.25, 0.3) is 10.2 Å². The molecule has 0 radical (unpaired) electrons. The summed E-state index contributed by atoms with van der Waals surface area (Å²) in [4.78, 5) is 16.8. The molecule has 0 spiro atoms. The Balaban J connectivity index is 1.64. The van der Waals surface area contributed by atoms with E-state index in [0.717, 1.165) is 21.5 Å². The SMILES string of the molecule is Cc1ccccc1C(=O)Nc1nc2cc3c(cc2s1)OCCO3. The summed E-state index contributed by atoms with van der Waals surface area (Å²) >= 11 is 1.42. The second-order valence-corrected chi connectivity index (χ2v) is 6.28. The smallest absolute Gasteiger partial charge is 0.257 e. The first kappa shape index (κ1) is 14.0. The van der Waals surface area contributed by atoms with E-state index < -0.39 is 0 Å². The van der Waals surface area contributed by atoms with Gasteiger partial charge in [0.2, 0.25) is 0 Å². The third-order valence-electron chi connectivity index (χ3n) is 3.66. The van der Waals surface area contributed by atoms with Crippen LogP contribution < -0.4 is 14.8 Å². The Hall–Kier alpha value is -2.60. The van der Waals surface area contributed by atoms with Crippen LogP contribution in [0, 0.1) is 6.92 Å². The van der Waals surface area contributed by atoms with Crippen LogP contribution in [0.2, 0.25) is 0 Å². The second-order valence-electron chi connectivity index (χ2n) is 5.25. The van der Waals surface area contributed by atoms with Crippen molar-refractivity contribution in [2.45, 2.75) is 6.92 Å². The predicted molar refractivity (Wildman–Crippen MR) is 89.7 cm³/mol. The van der Waals surface area contributed by atoms with Gasteiger partial charge in [-0.05, 0) is 18.6 Å². The standard InChI is InChI=1S/C17H14N2O3S/c1-10-4-2-3-5-11(10)16(20)19-17-18-12-8-13-14(9-15(12)23-17)22-7-6-21-13/h2-5,8-9H,6-7H2,1H3,(H,18,19,20). The highest BCUT2D eigenvalue weighted by Gasteiger charge is 2.16. The van der Waals surface area contributed by atoms with E-state index in [1.807, 2.05) is 37.3 Å². The van der Waals surface area contributed by atoms with E-state index in [0.29, 0.717) is 29.7 Å². The molecular weight excluding hydrogens is 312 g/mol. The molecule has 23 heavy (non-hydrogen) atoms. The Labute approximate surface area is 136 Å². The molecule has 116 valence electrons. The zero-order chi connectivity index (χ0) is 15.8. The number of hydrogen-bond donors (Lipinski definition) is 1. The van der Waals surface area contributed by atoms with E-state index in [-0.39, 0.29) is 5.91 Å². The fraction of sp³-hybridized carbons (Fsp3) is 0.176. The van der Waals surface area contributed by atoms with Crippen LogP contribution >= 0.6 is 11.3 Å². The monoisotopic (exact) mass is 326 g/mol. The third-order valence-corrected chi connectivity index (χ3v) is 4.60. The topological polar surface area (TPSA) is 60.5 Å². The van der Waals surface area contributed by atoms with Gasteiger partial charge in [0, 0.05) is 17.7 Å². The van der Waals surface area contributed by atoms with Gasteiger partial charge >= 0.3 is 0 Å². The second kappa shape index (κ2) is 5.55. The lowest BCUT2D eigenvalue weighted by Gasteiger charge is -2.17. The molecule has 1 aliphatic heterocycles. The molecule has 5 nitrogen and oxygen atoms in total. The van der Waals surface area contributed by atoms with Gasteiger partial charge in [0.1, 0.15) is 13.2 Å². The molecule has 4 rings (SSSR count). The summed E-state index contributed by atoms with van der Waals surface area (Å²) in [5.74, 6) is 1.27. The first-order valence-electron chi connectivity index (χ1n) is 7.28. The van der Waals surface area contributed by atoms with Crippen LogP contribution in [0.1, 0.15) is 15.9 Å². The predicted octanol–water partition coefficient (Wildman–Crippen LogP) is 3.63. The Bertz CT molecular complexity index is 861. The maximum atomic E-state index is 12.4. The number of hydrogen-bond acceptors (Lipinski definition) is 5. The van der Waals surface area contributed by atoms with Gasteiger partial charge in [-0.25, -0.2) is 4.98 Å². The lowest BCUT2D eigenvalue weighted by atomic mass is 10.1. The van der Waals surface area contributed by atoms with Crippen LogP contribution in [-0.2, 0) is 0 Å². The number of nitrogens with zero attached hydrogens (tertiary/aromatic N) is 1. The van der Waals surface area contributed by atoms with E-state index >= 15 is 0 Å². The number of carbonyl (C=O) groups is 1. The number of thiazole rings is 1. The maximum Gasteiger partial charge on any atom is 0.257 e. The molecule has 0 aliphatic carbocycles. The van der Waals surface area contributed by atoms with Gasteiger partial charge < -0.3 is 9.47 Å². The van der Waals surface area contributed by atoms with Gasteiger partial charge in [0.25, 0.3) is 5.91 Å². The molecule has 1 aliphatic rings. The molecule has 0 atom stereocenters. The molecule has 0 unspecified atom stereocenters. The number of benzene rings is 2. The molecule has 2 aromatic carbocycles. The van der Waals surface area contributed by atoms with E-state index in [9.17, 15) is 4.79 Å². The van der Waals surface area contributed by atoms with Crippen molar-refractivity contribution in [3.8, 4) is 11.5 Å². The van der Waals surface area contributed by atoms with Crippen molar-refractivity contribution in [1.29, 1.82) is 0 Å². The zero-order valence-electron chi connectivity index (χ0n) is 12.5. The zero-order valence-corrected chi connectivity index (χ0v) is 13.3. The van der Waals surface area contributed by atoms with Crippen molar-refractivity contribution in [2.75, 3.05) is 18.5 Å². The van der Waals surface area contributed by atoms with E-state index in [4.69, 9.17) is 9.47 Å². The first-order valence-corrected chi connectivity index (χ1v) is 8.09. The molecule has 3 aromatic rings. The Morgan fingerprint density at radius 3 is 2.70 bits per heavy atom. The van der Waals surface area contributed by atoms with E-state index in [1.54, 1.807) is 6.07 Å². The summed E-state index contributed by atoms with van der Waals surface area (Å²) in [5, 5.41) is 3.43. The lowest BCUT2D eigenvalue weighted by molar-refractivity contribution is 0.102. The number of carbonyl (C=O) groups excluding carboxylic acids is 1. The van der Waals surface area contributed by atoms with Gasteiger partial charge in [-0.1, -0.05) is 29.5 Å². The normalized spacial score (nSPS) is 13.1. The highest BCUT2D eigenvalue weighted by molar-refractivity contribution is 7.22. The number of rotatable bonds is 2. The van der Waals surface area contributed by atoms with Crippen LogP contribution in [0.3, 0.4) is 0 Å². The maximum absolute atomic E-state index is 12.4. The summed E-state index contributed by atoms with van der Waals surface area (Å²) in [6.07, 6.45) is 0. The summed E-state index contributed by atoms with van der Waals surface area (Å²) in [6.45, 7) is 3.00. The minimum atomic E-state index is -0.153. The molecule has 1 aromatic heterocycles. The van der Waals surface area contributed by atoms with Gasteiger partial charge in [-0.3, -0.25) is 10.1 Å². The molecule has 0 saturated heterocycles. The molecule has 1 N–H and O–H groups in total. The number of fused-ring (bicyclic) bond motifs is 2. The largest absolute Gasteiger partial charge is 0.486 e. The lowest BCUT2D eigenvalue weighted by Crippen LogP contribution is -2.15. The Kier molecular flexibility index (Phi) is 3.38. The quantitative estimate of drug-likeness (QED) is 0.781. The number of ether oxygens (including phenoxy) is 2. The van der Waals surface area contributed by atoms with Crippen LogP contribution in [0.15, 0.2) is 36.4 Å². The van der Waals surface area contributed by atoms with Crippen molar-refractivity contribution < 1.29 is 14.3 Å². The third kappa shape index (κ3) is 2.61. The van der Waals surface area contributed by atoms with Gasteiger partial charge in [-0.2, -0.15) is 0 Å². The Morgan fingerprint density at radius 2 is 1.91 bits per heavy atom. The molecular formula is C17H14N2O3S. The molecule has 0 saturated carbocycles. The molecule has 0 bridgehead atoms. The Morgan fingerprint density at radius 1 is 1.17 bits per heavy atom. The van der Waals surface area contributed by atoms with Gasteiger partial charge in [0.05, 0.1) is 10.2 Å². The molecule has 6 heteroatoms. The van der Waals surface area contributed by atoms with Crippen LogP contribution in [0.5, 0.6) is 11.5 Å². The van der Waals surface area contributed by atoms with Gasteiger partial charge in [-0.15, -0.1) is 0 Å². The number of aromatic nitrogens is 1. The van der Waals surface area contributed by atoms with Gasteiger partial charge in [0.15, 0.2) is 16.6 Å². The van der Waals surface area contributed by atoms with Crippen molar-refractivity contribution in [2.24, 2.45) is 0 Å². The van der Waals surface area contributed by atoms with E-state index in [2.05, 4.69) is 10.3 Å². The summed E-state index contributed by atoms with van der Waals surface area (Å²) in [7, 11) is 0. The van der Waals surface area contributed by atoms with E-state index in [1.165, 1.54) is 11.3 Å². The van der Waals surface area contributed by atoms with Crippen LogP contribution in [0.4, 0.5) is 5.13 Å². The summed E-state index contributed by atoms with van der Waals surface area (Å²) in [6, 6.07) is 11.2. The molecule has 0 fully saturated rings. The number of aryl methyl sites for hydroxylation is 1. The van der Waals surface area contributed by atoms with Crippen LogP contribution in [-0.4, -0.2) is 24.1 Å². The number of nitrogens with one attached hydrogen (secondary N) is 1. The molecule has 2 heterocycles. The van der Waals surface area contributed by atoms with Crippen molar-refractivity contribution in [1.82, 2.24) is 4.98 Å². The minimum absolute atomic E-state index is 0.153. The highest BCUT2D eigenvalue weighted by atomic mass is 32.1. The number of anilines is 1. The first-order chi connectivity index (χ1) is 11.2. The highest BCUT2D eigenvalue weighted by Crippen LogP contribution is 2.37. The average molecular weight is 326 g/mol. The summed E-state index contributed by atoms with van der Waals surface area (Å²) < 4.78 is 12.1. The van der Waals surface area contributed by atoms with Crippen molar-refractivity contribution >= 4 is 32.6 Å². The number of amides is 1. The van der Waals surface area contributed by atoms with Crippen molar-refractivity contribution in [3.05, 3.63) is 47.5 Å².